The lowest BCUT2D eigenvalue weighted by Gasteiger charge is -2.05. The Morgan fingerprint density at radius 3 is 2.85 bits per heavy atom. The van der Waals surface area contributed by atoms with E-state index in [1.54, 1.807) is 11.3 Å². The highest BCUT2D eigenvalue weighted by Crippen LogP contribution is 2.36. The van der Waals surface area contributed by atoms with E-state index in [2.05, 4.69) is 16.0 Å². The van der Waals surface area contributed by atoms with Crippen molar-refractivity contribution < 1.29 is 0 Å². The zero-order valence-corrected chi connectivity index (χ0v) is 12.8. The largest absolute Gasteiger partial charge is 0.221 e. The van der Waals surface area contributed by atoms with Crippen molar-refractivity contribution in [2.45, 2.75) is 5.16 Å². The molecule has 2 aromatic heterocycles. The van der Waals surface area contributed by atoms with Crippen LogP contribution in [-0.4, -0.2) is 16.2 Å². The van der Waals surface area contributed by atoms with Crippen molar-refractivity contribution >= 4 is 44.8 Å². The summed E-state index contributed by atoms with van der Waals surface area (Å²) in [5.41, 5.74) is 1.86. The first-order valence-electron chi connectivity index (χ1n) is 5.73. The molecule has 1 aromatic carbocycles. The number of thioether (sulfide) groups is 1. The van der Waals surface area contributed by atoms with Crippen molar-refractivity contribution in [3.05, 3.63) is 40.4 Å². The van der Waals surface area contributed by atoms with Gasteiger partial charge in [0.15, 0.2) is 10.3 Å². The smallest absolute Gasteiger partial charge is 0.189 e. The molecule has 0 N–H and O–H groups in total. The third-order valence-corrected chi connectivity index (χ3v) is 4.66. The molecule has 0 radical (unpaired) electrons. The Kier molecular flexibility index (Phi) is 3.62. The normalized spacial score (nSPS) is 10.7. The van der Waals surface area contributed by atoms with E-state index in [-0.39, 0.29) is 5.15 Å². The molecule has 0 aliphatic heterocycles. The summed E-state index contributed by atoms with van der Waals surface area (Å²) in [5, 5.41) is 13.2. The molecular weight excluding hydrogens is 310 g/mol. The lowest BCUT2D eigenvalue weighted by molar-refractivity contribution is 0.971. The monoisotopic (exact) mass is 317 g/mol. The van der Waals surface area contributed by atoms with E-state index in [1.807, 2.05) is 35.9 Å². The third-order valence-electron chi connectivity index (χ3n) is 2.87. The van der Waals surface area contributed by atoms with Crippen LogP contribution in [0.2, 0.25) is 5.15 Å². The topological polar surface area (TPSA) is 49.6 Å². The zero-order valence-electron chi connectivity index (χ0n) is 10.4. The summed E-state index contributed by atoms with van der Waals surface area (Å²) in [7, 11) is 0. The Balaban J connectivity index is 2.34. The molecule has 0 saturated heterocycles. The summed E-state index contributed by atoms with van der Waals surface area (Å²) >= 11 is 9.13. The molecule has 0 unspecified atom stereocenters. The predicted octanol–water partition coefficient (Wildman–Crippen LogP) is 4.61. The molecule has 0 fully saturated rings. The first-order valence-corrected chi connectivity index (χ1v) is 8.21. The van der Waals surface area contributed by atoms with Crippen LogP contribution in [0.1, 0.15) is 5.56 Å². The van der Waals surface area contributed by atoms with Crippen LogP contribution in [-0.2, 0) is 0 Å². The lowest BCUT2D eigenvalue weighted by Crippen LogP contribution is -1.96. The second-order valence-corrected chi connectivity index (χ2v) is 6.02. The van der Waals surface area contributed by atoms with Gasteiger partial charge < -0.3 is 0 Å². The number of benzene rings is 1. The van der Waals surface area contributed by atoms with Crippen LogP contribution in [0, 0.1) is 11.3 Å². The van der Waals surface area contributed by atoms with E-state index in [1.165, 1.54) is 11.8 Å². The maximum atomic E-state index is 9.32. The van der Waals surface area contributed by atoms with Crippen LogP contribution in [0.15, 0.2) is 34.8 Å². The van der Waals surface area contributed by atoms with Crippen molar-refractivity contribution in [3.63, 3.8) is 0 Å². The number of fused-ring (bicyclic) bond motifs is 1. The Hall–Kier alpha value is -1.61. The van der Waals surface area contributed by atoms with Crippen molar-refractivity contribution in [2.24, 2.45) is 0 Å². The molecule has 0 aliphatic carbocycles. The maximum absolute atomic E-state index is 9.32. The van der Waals surface area contributed by atoms with Gasteiger partial charge in [-0.3, -0.25) is 0 Å². The van der Waals surface area contributed by atoms with E-state index < -0.39 is 0 Å². The van der Waals surface area contributed by atoms with Crippen LogP contribution in [0.4, 0.5) is 0 Å². The van der Waals surface area contributed by atoms with Gasteiger partial charge in [-0.2, -0.15) is 5.26 Å². The Morgan fingerprint density at radius 1 is 1.30 bits per heavy atom. The highest BCUT2D eigenvalue weighted by Gasteiger charge is 2.17. The summed E-state index contributed by atoms with van der Waals surface area (Å²) in [6.45, 7) is 0. The first kappa shape index (κ1) is 13.4. The summed E-state index contributed by atoms with van der Waals surface area (Å²) < 4.78 is 1.16. The van der Waals surface area contributed by atoms with Crippen molar-refractivity contribution in [1.29, 1.82) is 5.26 Å². The fourth-order valence-corrected chi connectivity index (χ4v) is 3.53. The number of thiophene rings is 1. The number of halogens is 1. The van der Waals surface area contributed by atoms with Gasteiger partial charge >= 0.3 is 0 Å². The van der Waals surface area contributed by atoms with Gasteiger partial charge in [-0.15, -0.1) is 11.3 Å². The fourth-order valence-electron chi connectivity index (χ4n) is 1.96. The van der Waals surface area contributed by atoms with E-state index in [0.29, 0.717) is 16.4 Å². The first-order chi connectivity index (χ1) is 9.74. The van der Waals surface area contributed by atoms with E-state index >= 15 is 0 Å². The van der Waals surface area contributed by atoms with Gasteiger partial charge in [-0.05, 0) is 12.3 Å². The van der Waals surface area contributed by atoms with Gasteiger partial charge in [-0.1, -0.05) is 41.6 Å². The van der Waals surface area contributed by atoms with Crippen molar-refractivity contribution in [1.82, 2.24) is 9.97 Å². The number of hydrogen-bond acceptors (Lipinski definition) is 5. The van der Waals surface area contributed by atoms with Crippen LogP contribution in [0.25, 0.3) is 21.3 Å². The molecule has 98 valence electrons. The molecule has 3 rings (SSSR count). The number of aromatic nitrogens is 2. The second kappa shape index (κ2) is 5.41. The third kappa shape index (κ3) is 2.16. The minimum Gasteiger partial charge on any atom is -0.221 e. The Bertz CT molecular complexity index is 836. The molecule has 0 saturated carbocycles. The molecule has 0 spiro atoms. The maximum Gasteiger partial charge on any atom is 0.189 e. The van der Waals surface area contributed by atoms with Gasteiger partial charge in [0.05, 0.1) is 5.69 Å². The summed E-state index contributed by atoms with van der Waals surface area (Å²) in [6.07, 6.45) is 1.88. The minimum absolute atomic E-state index is 0.206. The molecule has 6 heteroatoms. The van der Waals surface area contributed by atoms with Gasteiger partial charge in [0.1, 0.15) is 11.6 Å². The highest BCUT2D eigenvalue weighted by molar-refractivity contribution is 7.98. The Labute approximate surface area is 129 Å². The van der Waals surface area contributed by atoms with Crippen LogP contribution >= 0.6 is 34.7 Å². The molecule has 3 aromatic rings. The molecular formula is C14H8ClN3S2. The number of nitriles is 1. The van der Waals surface area contributed by atoms with Crippen LogP contribution in [0.5, 0.6) is 0 Å². The highest BCUT2D eigenvalue weighted by atomic mass is 35.5. The Morgan fingerprint density at radius 2 is 2.10 bits per heavy atom. The van der Waals surface area contributed by atoms with E-state index in [0.717, 1.165) is 15.6 Å². The standard InChI is InChI=1S/C14H8ClN3S2/c1-19-14-17-12(9(6-16)13(15)18-14)10-7-20-11-5-3-2-4-8(10)11/h2-5,7H,1H3. The van der Waals surface area contributed by atoms with Gasteiger partial charge in [0, 0.05) is 21.0 Å². The molecule has 0 aliphatic rings. The van der Waals surface area contributed by atoms with Gasteiger partial charge in [0.25, 0.3) is 0 Å². The summed E-state index contributed by atoms with van der Waals surface area (Å²) in [5.74, 6) is 0. The van der Waals surface area contributed by atoms with Crippen molar-refractivity contribution in [3.8, 4) is 17.3 Å². The number of hydrogen-bond donors (Lipinski definition) is 0. The van der Waals surface area contributed by atoms with Crippen LogP contribution < -0.4 is 0 Å². The minimum atomic E-state index is 0.206. The second-order valence-electron chi connectivity index (χ2n) is 3.98. The summed E-state index contributed by atoms with van der Waals surface area (Å²) in [6, 6.07) is 10.2. The fraction of sp³-hybridized carbons (Fsp3) is 0.0714. The lowest BCUT2D eigenvalue weighted by atomic mass is 10.1. The molecule has 0 amide bonds. The predicted molar refractivity (Wildman–Crippen MR) is 84.4 cm³/mol. The molecule has 3 nitrogen and oxygen atoms in total. The molecule has 0 bridgehead atoms. The SMILES string of the molecule is CSc1nc(Cl)c(C#N)c(-c2csc3ccccc23)n1. The average Bonchev–Trinajstić information content (AvgIpc) is 2.90. The van der Waals surface area contributed by atoms with E-state index in [4.69, 9.17) is 11.6 Å². The number of rotatable bonds is 2. The van der Waals surface area contributed by atoms with Crippen molar-refractivity contribution in [2.75, 3.05) is 6.26 Å². The van der Waals surface area contributed by atoms with E-state index in [9.17, 15) is 5.26 Å². The van der Waals surface area contributed by atoms with Gasteiger partial charge in [0.2, 0.25) is 0 Å². The zero-order chi connectivity index (χ0) is 14.1. The van der Waals surface area contributed by atoms with Crippen LogP contribution in [0.3, 0.4) is 0 Å². The number of nitrogens with zero attached hydrogens (tertiary/aromatic N) is 3. The quantitative estimate of drug-likeness (QED) is 0.393. The summed E-state index contributed by atoms with van der Waals surface area (Å²) in [4.78, 5) is 8.58. The average molecular weight is 318 g/mol. The molecule has 2 heterocycles. The van der Waals surface area contributed by atoms with Gasteiger partial charge in [-0.25, -0.2) is 9.97 Å². The molecule has 20 heavy (non-hydrogen) atoms. The molecule has 0 atom stereocenters.